The number of hydrogen-bond donors (Lipinski definition) is 2. The number of nitrogens with two attached hydrogens (primary N) is 1. The highest BCUT2D eigenvalue weighted by atomic mass is 32.1. The van der Waals surface area contributed by atoms with E-state index in [1.54, 1.807) is 6.92 Å². The first kappa shape index (κ1) is 30.6. The number of nitriles is 1. The van der Waals surface area contributed by atoms with Crippen molar-refractivity contribution in [2.45, 2.75) is 88.8 Å². The number of likely N-dealkylation sites (N-methyl/N-ethyl adjacent to an activating group) is 1. The molecule has 15 heteroatoms. The Labute approximate surface area is 259 Å². The molecule has 5 heterocycles. The fourth-order valence-corrected chi connectivity index (χ4v) is 7.80. The summed E-state index contributed by atoms with van der Waals surface area (Å²) in [6.45, 7) is 8.58. The Morgan fingerprint density at radius 3 is 2.75 bits per heavy atom. The minimum Gasteiger partial charge on any atom is -0.459 e. The summed E-state index contributed by atoms with van der Waals surface area (Å²) in [4.78, 5) is 23.4. The van der Waals surface area contributed by atoms with Crippen LogP contribution in [0.25, 0.3) is 11.6 Å². The summed E-state index contributed by atoms with van der Waals surface area (Å²) >= 11 is 1.43. The van der Waals surface area contributed by atoms with Crippen molar-refractivity contribution in [1.29, 1.82) is 5.26 Å². The molecule has 3 N–H and O–H groups in total. The van der Waals surface area contributed by atoms with Gasteiger partial charge in [-0.25, -0.2) is 4.39 Å². The van der Waals surface area contributed by atoms with E-state index in [0.717, 1.165) is 23.3 Å². The fourth-order valence-electron chi connectivity index (χ4n) is 6.61. The molecule has 0 amide bonds. The summed E-state index contributed by atoms with van der Waals surface area (Å²) in [5, 5.41) is 25.5. The van der Waals surface area contributed by atoms with Crippen LogP contribution in [0, 0.1) is 11.3 Å². The second-order valence-corrected chi connectivity index (χ2v) is 13.9. The first-order valence-electron chi connectivity index (χ1n) is 14.9. The predicted octanol–water partition coefficient (Wildman–Crippen LogP) is 2.86. The smallest absolute Gasteiger partial charge is 0.322 e. The van der Waals surface area contributed by atoms with Crippen LogP contribution in [0.1, 0.15) is 68.9 Å². The number of aromatic nitrogens is 5. The molecule has 3 aromatic heterocycles. The molecule has 44 heavy (non-hydrogen) atoms. The number of aliphatic hydroxyl groups is 1. The molecule has 2 fully saturated rings. The predicted molar refractivity (Wildman–Crippen MR) is 160 cm³/mol. The molecule has 0 aromatic carbocycles. The van der Waals surface area contributed by atoms with Gasteiger partial charge >= 0.3 is 6.01 Å². The van der Waals surface area contributed by atoms with E-state index in [1.807, 2.05) is 37.6 Å². The van der Waals surface area contributed by atoms with Crippen LogP contribution in [-0.2, 0) is 16.6 Å². The summed E-state index contributed by atoms with van der Waals surface area (Å²) in [5.74, 6) is 0.844. The summed E-state index contributed by atoms with van der Waals surface area (Å²) < 4.78 is 32.0. The Balaban J connectivity index is 1.39. The van der Waals surface area contributed by atoms with Gasteiger partial charge in [0.15, 0.2) is 0 Å². The first-order valence-corrected chi connectivity index (χ1v) is 15.7. The number of nitrogens with zero attached hydrogens (tertiary/aromatic N) is 8. The minimum absolute atomic E-state index is 0.0283. The van der Waals surface area contributed by atoms with Crippen LogP contribution >= 0.6 is 11.3 Å². The highest BCUT2D eigenvalue weighted by Crippen LogP contribution is 2.48. The maximum Gasteiger partial charge on any atom is 0.322 e. The summed E-state index contributed by atoms with van der Waals surface area (Å²) in [6, 6.07) is 2.13. The van der Waals surface area contributed by atoms with E-state index in [-0.39, 0.29) is 48.9 Å². The molecule has 3 aliphatic rings. The highest BCUT2D eigenvalue weighted by molar-refractivity contribution is 7.16. The van der Waals surface area contributed by atoms with Crippen LogP contribution < -0.4 is 15.4 Å². The molecule has 3 aromatic rings. The van der Waals surface area contributed by atoms with Gasteiger partial charge in [-0.2, -0.15) is 25.2 Å². The van der Waals surface area contributed by atoms with Crippen molar-refractivity contribution in [3.05, 3.63) is 21.9 Å². The molecule has 0 unspecified atom stereocenters. The van der Waals surface area contributed by atoms with Crippen LogP contribution in [0.4, 0.5) is 15.3 Å². The van der Waals surface area contributed by atoms with Gasteiger partial charge in [-0.05, 0) is 60.4 Å². The molecule has 6 atom stereocenters. The average Bonchev–Trinajstić information content (AvgIpc) is 3.66. The van der Waals surface area contributed by atoms with Gasteiger partial charge in [0.1, 0.15) is 28.9 Å². The average molecular weight is 628 g/mol. The lowest BCUT2D eigenvalue weighted by Gasteiger charge is -2.30. The zero-order valence-electron chi connectivity index (χ0n) is 25.6. The van der Waals surface area contributed by atoms with Crippen molar-refractivity contribution < 1.29 is 23.5 Å². The second-order valence-electron chi connectivity index (χ2n) is 12.8. The van der Waals surface area contributed by atoms with Crippen LogP contribution in [-0.4, -0.2) is 98.4 Å². The molecule has 1 aliphatic carbocycles. The Bertz CT molecular complexity index is 1570. The molecule has 0 saturated carbocycles. The molecule has 0 radical (unpaired) electrons. The number of halogens is 1. The number of aryl methyl sites for hydroxylation is 1. The maximum atomic E-state index is 14.2. The van der Waals surface area contributed by atoms with Crippen LogP contribution in [0.5, 0.6) is 6.01 Å². The van der Waals surface area contributed by atoms with E-state index in [9.17, 15) is 14.8 Å². The summed E-state index contributed by atoms with van der Waals surface area (Å²) in [7, 11) is 1.87. The number of nitrogen functional groups attached to an aromatic ring is 1. The van der Waals surface area contributed by atoms with E-state index < -0.39 is 23.3 Å². The molecular weight excluding hydrogens is 589 g/mol. The number of hydrogen-bond acceptors (Lipinski definition) is 14. The maximum absolute atomic E-state index is 14.2. The van der Waals surface area contributed by atoms with Crippen molar-refractivity contribution in [1.82, 2.24) is 30.0 Å². The SMILES string of the molecule is C[C@H](Oc1nc(-c2noc([C@@]3(C)CCCc4sc(N)c(C#N)c43)n2)nc(N2C[C@H](C)OC[C@](C)(O)C2)n1)[C@@H]1C[C@@H](F)CN1C. The van der Waals surface area contributed by atoms with Crippen LogP contribution in [0.2, 0.25) is 0 Å². The molecule has 2 aliphatic heterocycles. The lowest BCUT2D eigenvalue weighted by molar-refractivity contribution is -0.0349. The first-order chi connectivity index (χ1) is 20.9. The largest absolute Gasteiger partial charge is 0.459 e. The van der Waals surface area contributed by atoms with E-state index >= 15 is 0 Å². The van der Waals surface area contributed by atoms with Gasteiger partial charge in [0.2, 0.25) is 23.5 Å². The Kier molecular flexibility index (Phi) is 7.98. The molecule has 236 valence electrons. The van der Waals surface area contributed by atoms with E-state index in [4.69, 9.17) is 29.7 Å². The number of fused-ring (bicyclic) bond motifs is 1. The lowest BCUT2D eigenvalue weighted by atomic mass is 9.72. The van der Waals surface area contributed by atoms with Gasteiger partial charge < -0.3 is 29.7 Å². The van der Waals surface area contributed by atoms with E-state index in [1.165, 1.54) is 11.3 Å². The third-order valence-corrected chi connectivity index (χ3v) is 9.89. The van der Waals surface area contributed by atoms with Crippen molar-refractivity contribution in [2.75, 3.05) is 43.9 Å². The van der Waals surface area contributed by atoms with Gasteiger partial charge in [0.25, 0.3) is 0 Å². The van der Waals surface area contributed by atoms with Crippen LogP contribution in [0.15, 0.2) is 4.52 Å². The quantitative estimate of drug-likeness (QED) is 0.409. The van der Waals surface area contributed by atoms with E-state index in [2.05, 4.69) is 21.2 Å². The summed E-state index contributed by atoms with van der Waals surface area (Å²) in [6.07, 6.45) is 1.20. The fraction of sp³-hybridized carbons (Fsp3) is 0.655. The lowest BCUT2D eigenvalue weighted by Crippen LogP contribution is -2.43. The molecule has 0 bridgehead atoms. The van der Waals surface area contributed by atoms with Crippen LogP contribution in [0.3, 0.4) is 0 Å². The molecule has 0 spiro atoms. The zero-order valence-corrected chi connectivity index (χ0v) is 26.4. The standard InChI is InChI=1S/C29H38FN9O4S/c1-15-11-39(13-28(3,40)14-41-15)26-34-23(35-27(36-26)42-16(2)19-9-17(30)12-38(19)5)24-33-25(43-37-24)29(4)8-6-7-20-21(29)18(10-31)22(32)44-20/h15-17,19,40H,6-9,11-14,32H2,1-5H3/t15-,16-,17+,19-,28+,29-/m0/s1. The molecular formula is C29H38FN9O4S. The van der Waals surface area contributed by atoms with Gasteiger partial charge in [-0.3, -0.25) is 4.90 Å². The Morgan fingerprint density at radius 1 is 1.23 bits per heavy atom. The van der Waals surface area contributed by atoms with Crippen molar-refractivity contribution in [2.24, 2.45) is 0 Å². The zero-order chi connectivity index (χ0) is 31.4. The number of β-amino-alcohol motifs (C(OH)–C–C–N with tert-alkyl or cyclic N) is 1. The third-order valence-electron chi connectivity index (χ3n) is 8.81. The van der Waals surface area contributed by atoms with Gasteiger partial charge in [-0.15, -0.1) is 11.3 Å². The number of rotatable bonds is 6. The number of alkyl halides is 1. The summed E-state index contributed by atoms with van der Waals surface area (Å²) in [5.41, 5.74) is 5.63. The Morgan fingerprint density at radius 2 is 2.02 bits per heavy atom. The van der Waals surface area contributed by atoms with Gasteiger partial charge in [0.05, 0.1) is 30.2 Å². The molecule has 2 saturated heterocycles. The Hall–Kier alpha value is -3.45. The van der Waals surface area contributed by atoms with Gasteiger partial charge in [0, 0.05) is 29.6 Å². The minimum atomic E-state index is -1.15. The number of ether oxygens (including phenoxy) is 2. The monoisotopic (exact) mass is 627 g/mol. The normalized spacial score (nSPS) is 30.0. The van der Waals surface area contributed by atoms with Crippen molar-refractivity contribution >= 4 is 22.3 Å². The number of anilines is 2. The highest BCUT2D eigenvalue weighted by Gasteiger charge is 2.43. The third kappa shape index (κ3) is 5.71. The second kappa shape index (κ2) is 11.5. The van der Waals surface area contributed by atoms with Crippen molar-refractivity contribution in [3.63, 3.8) is 0 Å². The van der Waals surface area contributed by atoms with E-state index in [0.29, 0.717) is 42.4 Å². The molecule has 13 nitrogen and oxygen atoms in total. The molecule has 6 rings (SSSR count). The van der Waals surface area contributed by atoms with Crippen molar-refractivity contribution in [3.8, 4) is 23.7 Å². The van der Waals surface area contributed by atoms with Gasteiger partial charge in [-0.1, -0.05) is 5.16 Å². The topological polar surface area (TPSA) is 173 Å². The number of thiophene rings is 1. The number of likely N-dealkylation sites (tertiary alicyclic amines) is 1.